The lowest BCUT2D eigenvalue weighted by Crippen LogP contribution is -2.32. The van der Waals surface area contributed by atoms with E-state index in [9.17, 15) is 4.79 Å². The van der Waals surface area contributed by atoms with Gasteiger partial charge >= 0.3 is 0 Å². The number of hydrogen-bond donors (Lipinski definition) is 1. The van der Waals surface area contributed by atoms with Gasteiger partial charge in [-0.1, -0.05) is 24.3 Å². The van der Waals surface area contributed by atoms with Crippen LogP contribution in [0.25, 0.3) is 5.69 Å². The third kappa shape index (κ3) is 3.42. The van der Waals surface area contributed by atoms with Gasteiger partial charge in [-0.25, -0.2) is 4.68 Å². The molecule has 1 atom stereocenters. The molecule has 0 radical (unpaired) electrons. The minimum Gasteiger partial charge on any atom is -0.376 e. The molecule has 2 aromatic rings. The molecule has 1 fully saturated rings. The SMILES string of the molecule is CCc1ccc(-n2nnc(C(=O)NC[C@@H]3CCCO3)c2C)cc1. The Labute approximate surface area is 135 Å². The molecular formula is C17H22N4O2. The molecule has 1 aliphatic rings. The maximum Gasteiger partial charge on any atom is 0.273 e. The molecule has 0 bridgehead atoms. The highest BCUT2D eigenvalue weighted by molar-refractivity contribution is 5.93. The number of carbonyl (C=O) groups excluding carboxylic acids is 1. The number of nitrogens with one attached hydrogen (secondary N) is 1. The number of amides is 1. The molecule has 0 aliphatic carbocycles. The van der Waals surface area contributed by atoms with Gasteiger partial charge in [-0.2, -0.15) is 0 Å². The Bertz CT molecular complexity index is 672. The molecule has 1 aromatic heterocycles. The number of nitrogens with zero attached hydrogens (tertiary/aromatic N) is 3. The van der Waals surface area contributed by atoms with Crippen molar-refractivity contribution in [2.24, 2.45) is 0 Å². The van der Waals surface area contributed by atoms with E-state index < -0.39 is 0 Å². The van der Waals surface area contributed by atoms with Crippen LogP contribution in [0.15, 0.2) is 24.3 Å². The summed E-state index contributed by atoms with van der Waals surface area (Å²) in [4.78, 5) is 12.3. The van der Waals surface area contributed by atoms with E-state index >= 15 is 0 Å². The van der Waals surface area contributed by atoms with Gasteiger partial charge < -0.3 is 10.1 Å². The van der Waals surface area contributed by atoms with Crippen molar-refractivity contribution in [1.29, 1.82) is 0 Å². The lowest BCUT2D eigenvalue weighted by molar-refractivity contribution is 0.0853. The van der Waals surface area contributed by atoms with Crippen molar-refractivity contribution < 1.29 is 9.53 Å². The molecule has 0 spiro atoms. The number of benzene rings is 1. The number of carbonyl (C=O) groups is 1. The zero-order chi connectivity index (χ0) is 16.2. The third-order valence-electron chi connectivity index (χ3n) is 4.21. The Morgan fingerprint density at radius 1 is 1.39 bits per heavy atom. The van der Waals surface area contributed by atoms with E-state index in [-0.39, 0.29) is 12.0 Å². The quantitative estimate of drug-likeness (QED) is 0.917. The van der Waals surface area contributed by atoms with Gasteiger partial charge in [0.1, 0.15) is 0 Å². The predicted molar refractivity (Wildman–Crippen MR) is 86.8 cm³/mol. The molecule has 2 heterocycles. The number of aryl methyl sites for hydroxylation is 1. The molecular weight excluding hydrogens is 292 g/mol. The molecule has 1 aromatic carbocycles. The first-order valence-corrected chi connectivity index (χ1v) is 8.10. The average Bonchev–Trinajstić information content (AvgIpc) is 3.22. The smallest absolute Gasteiger partial charge is 0.273 e. The maximum absolute atomic E-state index is 12.3. The Kier molecular flexibility index (Phi) is 4.71. The average molecular weight is 314 g/mol. The molecule has 23 heavy (non-hydrogen) atoms. The van der Waals surface area contributed by atoms with Crippen molar-refractivity contribution in [2.75, 3.05) is 13.2 Å². The van der Waals surface area contributed by atoms with Gasteiger partial charge in [0.2, 0.25) is 0 Å². The molecule has 3 rings (SSSR count). The van der Waals surface area contributed by atoms with Gasteiger partial charge in [0.15, 0.2) is 5.69 Å². The van der Waals surface area contributed by atoms with E-state index in [2.05, 4.69) is 34.7 Å². The Balaban J connectivity index is 1.71. The van der Waals surface area contributed by atoms with Crippen LogP contribution in [0.1, 0.15) is 41.5 Å². The fraction of sp³-hybridized carbons (Fsp3) is 0.471. The van der Waals surface area contributed by atoms with Crippen LogP contribution in [-0.4, -0.2) is 40.2 Å². The second-order valence-electron chi connectivity index (χ2n) is 5.80. The predicted octanol–water partition coefficient (Wildman–Crippen LogP) is 2.05. The van der Waals surface area contributed by atoms with Crippen molar-refractivity contribution in [3.63, 3.8) is 0 Å². The van der Waals surface area contributed by atoms with E-state index in [1.165, 1.54) is 5.56 Å². The Hall–Kier alpha value is -2.21. The van der Waals surface area contributed by atoms with E-state index in [0.717, 1.165) is 37.3 Å². The summed E-state index contributed by atoms with van der Waals surface area (Å²) in [5.74, 6) is -0.200. The normalized spacial score (nSPS) is 17.4. The van der Waals surface area contributed by atoms with Gasteiger partial charge in [-0.15, -0.1) is 5.10 Å². The Morgan fingerprint density at radius 3 is 2.83 bits per heavy atom. The fourth-order valence-corrected chi connectivity index (χ4v) is 2.75. The first-order valence-electron chi connectivity index (χ1n) is 8.10. The van der Waals surface area contributed by atoms with Crippen molar-refractivity contribution >= 4 is 5.91 Å². The zero-order valence-corrected chi connectivity index (χ0v) is 13.6. The second-order valence-corrected chi connectivity index (χ2v) is 5.80. The van der Waals surface area contributed by atoms with Crippen LogP contribution >= 0.6 is 0 Å². The van der Waals surface area contributed by atoms with Crippen LogP contribution in [0.2, 0.25) is 0 Å². The van der Waals surface area contributed by atoms with Crippen LogP contribution in [0.5, 0.6) is 0 Å². The highest BCUT2D eigenvalue weighted by Crippen LogP contribution is 2.14. The summed E-state index contributed by atoms with van der Waals surface area (Å²) in [5, 5.41) is 11.0. The standard InChI is InChI=1S/C17H22N4O2/c1-3-13-6-8-14(9-7-13)21-12(2)16(19-20-21)17(22)18-11-15-5-4-10-23-15/h6-9,15H,3-5,10-11H2,1-2H3,(H,18,22)/t15-/m0/s1. The Morgan fingerprint density at radius 2 is 2.17 bits per heavy atom. The minimum absolute atomic E-state index is 0.121. The number of ether oxygens (including phenoxy) is 1. The van der Waals surface area contributed by atoms with Gasteiger partial charge in [0, 0.05) is 13.2 Å². The molecule has 1 aliphatic heterocycles. The number of aromatic nitrogens is 3. The molecule has 122 valence electrons. The van der Waals surface area contributed by atoms with Crippen LogP contribution in [0.3, 0.4) is 0 Å². The van der Waals surface area contributed by atoms with Crippen molar-refractivity contribution in [3.8, 4) is 5.69 Å². The second kappa shape index (κ2) is 6.91. The molecule has 0 saturated carbocycles. The largest absolute Gasteiger partial charge is 0.376 e. The van der Waals surface area contributed by atoms with Crippen molar-refractivity contribution in [1.82, 2.24) is 20.3 Å². The summed E-state index contributed by atoms with van der Waals surface area (Å²) in [6, 6.07) is 8.12. The van der Waals surface area contributed by atoms with E-state index in [1.807, 2.05) is 19.1 Å². The first kappa shape index (κ1) is 15.7. The van der Waals surface area contributed by atoms with Gasteiger partial charge in [-0.05, 0) is 43.9 Å². The summed E-state index contributed by atoms with van der Waals surface area (Å²) in [6.07, 6.45) is 3.17. The lowest BCUT2D eigenvalue weighted by atomic mass is 10.1. The fourth-order valence-electron chi connectivity index (χ4n) is 2.75. The first-order chi connectivity index (χ1) is 11.2. The summed E-state index contributed by atoms with van der Waals surface area (Å²) in [7, 11) is 0. The summed E-state index contributed by atoms with van der Waals surface area (Å²) < 4.78 is 7.20. The van der Waals surface area contributed by atoms with Crippen LogP contribution in [-0.2, 0) is 11.2 Å². The highest BCUT2D eigenvalue weighted by Gasteiger charge is 2.20. The summed E-state index contributed by atoms with van der Waals surface area (Å²) in [6.45, 7) is 5.28. The zero-order valence-electron chi connectivity index (χ0n) is 13.6. The molecule has 1 amide bonds. The number of rotatable bonds is 5. The van der Waals surface area contributed by atoms with Crippen molar-refractivity contribution in [2.45, 2.75) is 39.2 Å². The minimum atomic E-state index is -0.200. The number of hydrogen-bond acceptors (Lipinski definition) is 4. The molecule has 6 nitrogen and oxygen atoms in total. The van der Waals surface area contributed by atoms with E-state index in [1.54, 1.807) is 4.68 Å². The third-order valence-corrected chi connectivity index (χ3v) is 4.21. The van der Waals surface area contributed by atoms with Crippen LogP contribution in [0, 0.1) is 6.92 Å². The van der Waals surface area contributed by atoms with Crippen LogP contribution < -0.4 is 5.32 Å². The van der Waals surface area contributed by atoms with Crippen LogP contribution in [0.4, 0.5) is 0 Å². The topological polar surface area (TPSA) is 69.0 Å². The van der Waals surface area contributed by atoms with E-state index in [4.69, 9.17) is 4.74 Å². The van der Waals surface area contributed by atoms with E-state index in [0.29, 0.717) is 12.2 Å². The molecule has 0 unspecified atom stereocenters. The molecule has 1 saturated heterocycles. The lowest BCUT2D eigenvalue weighted by Gasteiger charge is -2.10. The maximum atomic E-state index is 12.3. The monoisotopic (exact) mass is 314 g/mol. The highest BCUT2D eigenvalue weighted by atomic mass is 16.5. The van der Waals surface area contributed by atoms with Gasteiger partial charge in [-0.3, -0.25) is 4.79 Å². The van der Waals surface area contributed by atoms with Gasteiger partial charge in [0.05, 0.1) is 17.5 Å². The van der Waals surface area contributed by atoms with Gasteiger partial charge in [0.25, 0.3) is 5.91 Å². The molecule has 1 N–H and O–H groups in total. The summed E-state index contributed by atoms with van der Waals surface area (Å²) in [5.41, 5.74) is 3.27. The summed E-state index contributed by atoms with van der Waals surface area (Å²) >= 11 is 0. The molecule has 6 heteroatoms. The van der Waals surface area contributed by atoms with Crippen molar-refractivity contribution in [3.05, 3.63) is 41.2 Å².